The molecule has 146 valence electrons. The molecule has 1 aromatic heterocycles. The Morgan fingerprint density at radius 1 is 1.07 bits per heavy atom. The highest BCUT2D eigenvalue weighted by Crippen LogP contribution is 2.37. The van der Waals surface area contributed by atoms with E-state index in [-0.39, 0.29) is 5.56 Å². The second-order valence-corrected chi connectivity index (χ2v) is 6.73. The molecule has 1 aliphatic heterocycles. The Morgan fingerprint density at radius 2 is 1.82 bits per heavy atom. The Balaban J connectivity index is 1.75. The standard InChI is InChI=1S/C21H23N3O4/c1-26-16-8-4-6-13-7-5-9-24(20(13)16)12-19-22-15-11-18(28-3)17(27-2)10-14(15)21(25)23-19/h4,6,8,10-11H,5,7,9,12H2,1-3H3,(H,22,23,25). The van der Waals surface area contributed by atoms with Crippen molar-refractivity contribution in [1.82, 2.24) is 9.97 Å². The van der Waals surface area contributed by atoms with Crippen molar-refractivity contribution in [2.45, 2.75) is 19.4 Å². The van der Waals surface area contributed by atoms with Crippen molar-refractivity contribution in [3.05, 3.63) is 52.1 Å². The van der Waals surface area contributed by atoms with Gasteiger partial charge in [-0.15, -0.1) is 0 Å². The molecule has 7 heteroatoms. The molecule has 0 aliphatic carbocycles. The third-order valence-electron chi connectivity index (χ3n) is 5.09. The van der Waals surface area contributed by atoms with Crippen LogP contribution >= 0.6 is 0 Å². The molecule has 0 amide bonds. The Kier molecular flexibility index (Phi) is 4.81. The number of aryl methyl sites for hydroxylation is 1. The van der Waals surface area contributed by atoms with Crippen LogP contribution < -0.4 is 24.7 Å². The predicted molar refractivity (Wildman–Crippen MR) is 108 cm³/mol. The average molecular weight is 381 g/mol. The van der Waals surface area contributed by atoms with Gasteiger partial charge in [0.05, 0.1) is 44.5 Å². The minimum Gasteiger partial charge on any atom is -0.495 e. The van der Waals surface area contributed by atoms with E-state index in [4.69, 9.17) is 14.2 Å². The number of fused-ring (bicyclic) bond motifs is 2. The molecule has 3 aromatic rings. The summed E-state index contributed by atoms with van der Waals surface area (Å²) in [6.07, 6.45) is 2.06. The lowest BCUT2D eigenvalue weighted by atomic mass is 10.0. The monoisotopic (exact) mass is 381 g/mol. The molecule has 4 rings (SSSR count). The summed E-state index contributed by atoms with van der Waals surface area (Å²) in [5.74, 6) is 2.49. The second kappa shape index (κ2) is 7.42. The van der Waals surface area contributed by atoms with Crippen molar-refractivity contribution in [3.8, 4) is 17.2 Å². The Bertz CT molecular complexity index is 1060. The number of para-hydroxylation sites is 1. The van der Waals surface area contributed by atoms with Gasteiger partial charge in [0.1, 0.15) is 11.6 Å². The van der Waals surface area contributed by atoms with Gasteiger partial charge in [0.15, 0.2) is 11.5 Å². The van der Waals surface area contributed by atoms with Crippen LogP contribution in [0.25, 0.3) is 10.9 Å². The molecule has 2 aromatic carbocycles. The lowest BCUT2D eigenvalue weighted by molar-refractivity contribution is 0.355. The summed E-state index contributed by atoms with van der Waals surface area (Å²) in [4.78, 5) is 22.4. The Hall–Kier alpha value is -3.22. The van der Waals surface area contributed by atoms with Gasteiger partial charge < -0.3 is 24.1 Å². The molecule has 2 heterocycles. The fourth-order valence-electron chi connectivity index (χ4n) is 3.79. The number of nitrogens with one attached hydrogen (secondary N) is 1. The maximum absolute atomic E-state index is 12.6. The molecule has 0 spiro atoms. The van der Waals surface area contributed by atoms with Gasteiger partial charge in [-0.25, -0.2) is 4.98 Å². The first kappa shape index (κ1) is 18.2. The SMILES string of the molecule is COc1cc2nc(CN3CCCc4cccc(OC)c43)[nH]c(=O)c2cc1OC. The molecule has 0 atom stereocenters. The summed E-state index contributed by atoms with van der Waals surface area (Å²) in [5.41, 5.74) is 2.71. The summed E-state index contributed by atoms with van der Waals surface area (Å²) in [6, 6.07) is 9.49. The molecule has 1 aliphatic rings. The van der Waals surface area contributed by atoms with Crippen LogP contribution in [0.5, 0.6) is 17.2 Å². The number of hydrogen-bond acceptors (Lipinski definition) is 6. The largest absolute Gasteiger partial charge is 0.495 e. The molecule has 28 heavy (non-hydrogen) atoms. The predicted octanol–water partition coefficient (Wildman–Crippen LogP) is 2.90. The normalized spacial score (nSPS) is 13.3. The number of rotatable bonds is 5. The molecule has 0 saturated carbocycles. The number of H-pyrrole nitrogens is 1. The van der Waals surface area contributed by atoms with E-state index in [1.165, 1.54) is 5.56 Å². The molecule has 0 bridgehead atoms. The van der Waals surface area contributed by atoms with E-state index in [0.717, 1.165) is 30.8 Å². The molecule has 7 nitrogen and oxygen atoms in total. The van der Waals surface area contributed by atoms with Gasteiger partial charge in [-0.05, 0) is 30.5 Å². The van der Waals surface area contributed by atoms with Crippen LogP contribution in [-0.2, 0) is 13.0 Å². The van der Waals surface area contributed by atoms with Crippen LogP contribution in [0, 0.1) is 0 Å². The van der Waals surface area contributed by atoms with Crippen molar-refractivity contribution in [3.63, 3.8) is 0 Å². The third kappa shape index (κ3) is 3.13. The van der Waals surface area contributed by atoms with Crippen LogP contribution in [-0.4, -0.2) is 37.8 Å². The van der Waals surface area contributed by atoms with E-state index < -0.39 is 0 Å². The molecule has 0 fully saturated rings. The van der Waals surface area contributed by atoms with Gasteiger partial charge in [0.2, 0.25) is 0 Å². The summed E-state index contributed by atoms with van der Waals surface area (Å²) < 4.78 is 16.2. The van der Waals surface area contributed by atoms with Gasteiger partial charge in [-0.1, -0.05) is 12.1 Å². The van der Waals surface area contributed by atoms with Gasteiger partial charge in [0, 0.05) is 12.6 Å². The minimum absolute atomic E-state index is 0.196. The molecule has 1 N–H and O–H groups in total. The van der Waals surface area contributed by atoms with Crippen molar-refractivity contribution in [2.75, 3.05) is 32.8 Å². The highest BCUT2D eigenvalue weighted by atomic mass is 16.5. The summed E-state index contributed by atoms with van der Waals surface area (Å²) >= 11 is 0. The van der Waals surface area contributed by atoms with Crippen LogP contribution in [0.15, 0.2) is 35.1 Å². The zero-order chi connectivity index (χ0) is 19.7. The van der Waals surface area contributed by atoms with Crippen molar-refractivity contribution < 1.29 is 14.2 Å². The van der Waals surface area contributed by atoms with Crippen LogP contribution in [0.1, 0.15) is 17.8 Å². The van der Waals surface area contributed by atoms with E-state index in [1.54, 1.807) is 33.5 Å². The molecule has 0 saturated heterocycles. The molecule has 0 unspecified atom stereocenters. The Labute approximate surface area is 162 Å². The quantitative estimate of drug-likeness (QED) is 0.732. The number of anilines is 1. The maximum atomic E-state index is 12.6. The second-order valence-electron chi connectivity index (χ2n) is 6.73. The van der Waals surface area contributed by atoms with Gasteiger partial charge >= 0.3 is 0 Å². The molecular weight excluding hydrogens is 358 g/mol. The van der Waals surface area contributed by atoms with Crippen LogP contribution in [0.2, 0.25) is 0 Å². The first-order chi connectivity index (χ1) is 13.6. The van der Waals surface area contributed by atoms with E-state index in [0.29, 0.717) is 34.8 Å². The lowest BCUT2D eigenvalue weighted by Gasteiger charge is -2.32. The first-order valence-electron chi connectivity index (χ1n) is 9.20. The average Bonchev–Trinajstić information content (AvgIpc) is 2.72. The number of nitrogens with zero attached hydrogens (tertiary/aromatic N) is 2. The third-order valence-corrected chi connectivity index (χ3v) is 5.09. The van der Waals surface area contributed by atoms with E-state index >= 15 is 0 Å². The fraction of sp³-hybridized carbons (Fsp3) is 0.333. The summed E-state index contributed by atoms with van der Waals surface area (Å²) in [7, 11) is 4.79. The van der Waals surface area contributed by atoms with E-state index in [9.17, 15) is 4.79 Å². The molecular formula is C21H23N3O4. The first-order valence-corrected chi connectivity index (χ1v) is 9.20. The number of aromatic amines is 1. The summed E-state index contributed by atoms with van der Waals surface area (Å²) in [6.45, 7) is 1.37. The van der Waals surface area contributed by atoms with E-state index in [2.05, 4.69) is 20.9 Å². The van der Waals surface area contributed by atoms with Crippen molar-refractivity contribution in [1.29, 1.82) is 0 Å². The number of ether oxygens (including phenoxy) is 3. The highest BCUT2D eigenvalue weighted by Gasteiger charge is 2.22. The zero-order valence-electron chi connectivity index (χ0n) is 16.2. The number of benzene rings is 2. The lowest BCUT2D eigenvalue weighted by Crippen LogP contribution is -2.31. The fourth-order valence-corrected chi connectivity index (χ4v) is 3.79. The maximum Gasteiger partial charge on any atom is 0.258 e. The van der Waals surface area contributed by atoms with Crippen molar-refractivity contribution in [2.24, 2.45) is 0 Å². The number of aromatic nitrogens is 2. The van der Waals surface area contributed by atoms with Crippen LogP contribution in [0.3, 0.4) is 0 Å². The topological polar surface area (TPSA) is 76.7 Å². The van der Waals surface area contributed by atoms with Gasteiger partial charge in [0.25, 0.3) is 5.56 Å². The Morgan fingerprint density at radius 3 is 2.57 bits per heavy atom. The van der Waals surface area contributed by atoms with E-state index in [1.807, 2.05) is 12.1 Å². The number of hydrogen-bond donors (Lipinski definition) is 1. The number of methoxy groups -OCH3 is 3. The molecule has 0 radical (unpaired) electrons. The summed E-state index contributed by atoms with van der Waals surface area (Å²) in [5, 5.41) is 0.470. The van der Waals surface area contributed by atoms with Gasteiger partial charge in [-0.3, -0.25) is 4.79 Å². The highest BCUT2D eigenvalue weighted by molar-refractivity contribution is 5.81. The van der Waals surface area contributed by atoms with Gasteiger partial charge in [-0.2, -0.15) is 0 Å². The zero-order valence-corrected chi connectivity index (χ0v) is 16.2. The smallest absolute Gasteiger partial charge is 0.258 e. The van der Waals surface area contributed by atoms with Crippen LogP contribution in [0.4, 0.5) is 5.69 Å². The minimum atomic E-state index is -0.196. The van der Waals surface area contributed by atoms with Crippen molar-refractivity contribution >= 4 is 16.6 Å².